The van der Waals surface area contributed by atoms with Crippen molar-refractivity contribution in [3.05, 3.63) is 58.9 Å². The molecule has 2 aromatic rings. The third kappa shape index (κ3) is 2.32. The summed E-state index contributed by atoms with van der Waals surface area (Å²) in [6, 6.07) is 9.80. The van der Waals surface area contributed by atoms with E-state index in [-0.39, 0.29) is 11.6 Å². The Bertz CT molecular complexity index is 722. The van der Waals surface area contributed by atoms with Crippen LogP contribution in [0.4, 0.5) is 0 Å². The molecule has 3 rings (SSSR count). The summed E-state index contributed by atoms with van der Waals surface area (Å²) in [6.45, 7) is 1.09. The Morgan fingerprint density at radius 1 is 1.32 bits per heavy atom. The van der Waals surface area contributed by atoms with Gasteiger partial charge in [-0.1, -0.05) is 30.3 Å². The third-order valence-electron chi connectivity index (χ3n) is 3.88. The molecule has 0 saturated carbocycles. The highest BCUT2D eigenvalue weighted by molar-refractivity contribution is 6.01. The first-order chi connectivity index (χ1) is 10.6. The molecule has 114 valence electrons. The van der Waals surface area contributed by atoms with Gasteiger partial charge in [-0.3, -0.25) is 9.47 Å². The number of esters is 1. The van der Waals surface area contributed by atoms with Gasteiger partial charge in [-0.2, -0.15) is 0 Å². The van der Waals surface area contributed by atoms with E-state index in [4.69, 9.17) is 10.6 Å². The van der Waals surface area contributed by atoms with E-state index in [0.29, 0.717) is 30.6 Å². The molecule has 0 fully saturated rings. The Hall–Kier alpha value is -2.76. The summed E-state index contributed by atoms with van der Waals surface area (Å²) in [6.07, 6.45) is 2.09. The summed E-state index contributed by atoms with van der Waals surface area (Å²) in [7, 11) is 1.30. The van der Waals surface area contributed by atoms with Gasteiger partial charge >= 0.3 is 5.97 Å². The summed E-state index contributed by atoms with van der Waals surface area (Å²) >= 11 is 0. The van der Waals surface area contributed by atoms with Crippen molar-refractivity contribution in [2.75, 3.05) is 19.5 Å². The van der Waals surface area contributed by atoms with Gasteiger partial charge in [0.15, 0.2) is 5.69 Å². The standard InChI is InChI=1S/C16H17N3O3/c1-22-16(21)14-12-7-8-18(9-11-5-3-2-4-6-11)15(20)13(12)10-19(14)17/h2-6,10H,7-9,17H2,1H3. The van der Waals surface area contributed by atoms with Crippen LogP contribution in [-0.2, 0) is 17.7 Å². The van der Waals surface area contributed by atoms with Crippen molar-refractivity contribution in [2.45, 2.75) is 13.0 Å². The lowest BCUT2D eigenvalue weighted by Crippen LogP contribution is -2.36. The monoisotopic (exact) mass is 299 g/mol. The van der Waals surface area contributed by atoms with E-state index in [0.717, 1.165) is 5.56 Å². The van der Waals surface area contributed by atoms with Crippen LogP contribution < -0.4 is 5.84 Å². The minimum absolute atomic E-state index is 0.112. The number of hydrogen-bond acceptors (Lipinski definition) is 4. The van der Waals surface area contributed by atoms with Gasteiger partial charge in [0.25, 0.3) is 5.91 Å². The van der Waals surface area contributed by atoms with Gasteiger partial charge in [0.05, 0.1) is 12.7 Å². The number of methoxy groups -OCH3 is 1. The average Bonchev–Trinajstić information content (AvgIpc) is 2.87. The van der Waals surface area contributed by atoms with Crippen molar-refractivity contribution in [3.8, 4) is 0 Å². The largest absolute Gasteiger partial charge is 0.464 e. The number of fused-ring (bicyclic) bond motifs is 1. The number of amides is 1. The molecule has 0 unspecified atom stereocenters. The number of hydrogen-bond donors (Lipinski definition) is 1. The van der Waals surface area contributed by atoms with Crippen molar-refractivity contribution in [2.24, 2.45) is 0 Å². The summed E-state index contributed by atoms with van der Waals surface area (Å²) in [5, 5.41) is 0. The molecular formula is C16H17N3O3. The molecule has 0 bridgehead atoms. The Labute approximate surface area is 128 Å². The summed E-state index contributed by atoms with van der Waals surface area (Å²) in [5.41, 5.74) is 2.47. The maximum atomic E-state index is 12.6. The lowest BCUT2D eigenvalue weighted by molar-refractivity contribution is 0.0589. The SMILES string of the molecule is COC(=O)c1c2c(cn1N)C(=O)N(Cc1ccccc1)CC2. The predicted octanol–water partition coefficient (Wildman–Crippen LogP) is 1.19. The van der Waals surface area contributed by atoms with Gasteiger partial charge in [-0.25, -0.2) is 4.79 Å². The lowest BCUT2D eigenvalue weighted by atomic mass is 10.0. The van der Waals surface area contributed by atoms with Crippen LogP contribution in [0.1, 0.15) is 32.0 Å². The quantitative estimate of drug-likeness (QED) is 0.682. The van der Waals surface area contributed by atoms with Crippen molar-refractivity contribution >= 4 is 11.9 Å². The minimum atomic E-state index is -0.520. The predicted molar refractivity (Wildman–Crippen MR) is 80.8 cm³/mol. The first-order valence-electron chi connectivity index (χ1n) is 7.02. The topological polar surface area (TPSA) is 77.6 Å². The third-order valence-corrected chi connectivity index (χ3v) is 3.88. The zero-order valence-electron chi connectivity index (χ0n) is 12.3. The van der Waals surface area contributed by atoms with Crippen LogP contribution in [0.3, 0.4) is 0 Å². The van der Waals surface area contributed by atoms with Gasteiger partial charge in [-0.05, 0) is 12.0 Å². The highest BCUT2D eigenvalue weighted by Gasteiger charge is 2.31. The van der Waals surface area contributed by atoms with Crippen LogP contribution in [0.15, 0.2) is 36.5 Å². The van der Waals surface area contributed by atoms with E-state index in [1.54, 1.807) is 4.90 Å². The second-order valence-corrected chi connectivity index (χ2v) is 5.23. The fourth-order valence-electron chi connectivity index (χ4n) is 2.80. The number of nitrogens with zero attached hydrogens (tertiary/aromatic N) is 2. The Morgan fingerprint density at radius 3 is 2.73 bits per heavy atom. The van der Waals surface area contributed by atoms with E-state index in [1.807, 2.05) is 30.3 Å². The van der Waals surface area contributed by atoms with Crippen molar-refractivity contribution in [3.63, 3.8) is 0 Å². The zero-order chi connectivity index (χ0) is 15.7. The molecule has 1 aliphatic rings. The summed E-state index contributed by atoms with van der Waals surface area (Å²) in [5.74, 6) is 5.17. The van der Waals surface area contributed by atoms with Crippen LogP contribution in [0.5, 0.6) is 0 Å². The van der Waals surface area contributed by atoms with Crippen LogP contribution in [0, 0.1) is 0 Å². The van der Waals surface area contributed by atoms with Crippen LogP contribution in [0.25, 0.3) is 0 Å². The maximum Gasteiger partial charge on any atom is 0.356 e. The number of carbonyl (C=O) groups excluding carboxylic acids is 2. The first kappa shape index (κ1) is 14.2. The molecule has 0 atom stereocenters. The van der Waals surface area contributed by atoms with E-state index in [1.165, 1.54) is 18.0 Å². The smallest absolute Gasteiger partial charge is 0.356 e. The summed E-state index contributed by atoms with van der Waals surface area (Å²) in [4.78, 5) is 26.2. The second kappa shape index (κ2) is 5.55. The zero-order valence-corrected chi connectivity index (χ0v) is 12.3. The van der Waals surface area contributed by atoms with Crippen LogP contribution in [0.2, 0.25) is 0 Å². The molecule has 2 N–H and O–H groups in total. The van der Waals surface area contributed by atoms with E-state index >= 15 is 0 Å². The Kier molecular flexibility index (Phi) is 3.58. The van der Waals surface area contributed by atoms with Gasteiger partial charge < -0.3 is 15.5 Å². The van der Waals surface area contributed by atoms with Crippen LogP contribution >= 0.6 is 0 Å². The number of nitrogen functional groups attached to an aromatic ring is 1. The lowest BCUT2D eigenvalue weighted by Gasteiger charge is -2.27. The van der Waals surface area contributed by atoms with Crippen molar-refractivity contribution in [1.82, 2.24) is 9.58 Å². The van der Waals surface area contributed by atoms with Gasteiger partial charge in [0, 0.05) is 24.8 Å². The fraction of sp³-hybridized carbons (Fsp3) is 0.250. The van der Waals surface area contributed by atoms with Crippen LogP contribution in [-0.4, -0.2) is 35.1 Å². The van der Waals surface area contributed by atoms with Gasteiger partial charge in [0.1, 0.15) is 0 Å². The Morgan fingerprint density at radius 2 is 2.05 bits per heavy atom. The summed E-state index contributed by atoms with van der Waals surface area (Å²) < 4.78 is 5.92. The molecule has 1 aromatic carbocycles. The Balaban J connectivity index is 1.89. The number of nitrogens with two attached hydrogens (primary N) is 1. The number of benzene rings is 1. The second-order valence-electron chi connectivity index (χ2n) is 5.23. The molecule has 2 heterocycles. The molecule has 6 nitrogen and oxygen atoms in total. The number of carbonyl (C=O) groups is 2. The maximum absolute atomic E-state index is 12.6. The molecule has 6 heteroatoms. The van der Waals surface area contributed by atoms with Gasteiger partial charge in [0.2, 0.25) is 0 Å². The van der Waals surface area contributed by atoms with Gasteiger partial charge in [-0.15, -0.1) is 0 Å². The molecule has 1 aliphatic heterocycles. The van der Waals surface area contributed by atoms with Crippen molar-refractivity contribution < 1.29 is 14.3 Å². The average molecular weight is 299 g/mol. The van der Waals surface area contributed by atoms with E-state index < -0.39 is 5.97 Å². The molecule has 0 saturated heterocycles. The molecule has 1 amide bonds. The first-order valence-corrected chi connectivity index (χ1v) is 7.02. The highest BCUT2D eigenvalue weighted by Crippen LogP contribution is 2.25. The van der Waals surface area contributed by atoms with E-state index in [9.17, 15) is 9.59 Å². The molecule has 22 heavy (non-hydrogen) atoms. The minimum Gasteiger partial charge on any atom is -0.464 e. The number of rotatable bonds is 3. The molecule has 1 aromatic heterocycles. The molecule has 0 radical (unpaired) electrons. The van der Waals surface area contributed by atoms with E-state index in [2.05, 4.69) is 0 Å². The normalized spacial score (nSPS) is 13.9. The molecular weight excluding hydrogens is 282 g/mol. The fourth-order valence-corrected chi connectivity index (χ4v) is 2.80. The highest BCUT2D eigenvalue weighted by atomic mass is 16.5. The number of aromatic nitrogens is 1. The molecule has 0 spiro atoms. The molecule has 0 aliphatic carbocycles. The van der Waals surface area contributed by atoms with Crippen molar-refractivity contribution in [1.29, 1.82) is 0 Å². The number of ether oxygens (including phenoxy) is 1.